The molecule has 0 bridgehead atoms. The van der Waals surface area contributed by atoms with Crippen molar-refractivity contribution in [3.05, 3.63) is 80.1 Å². The summed E-state index contributed by atoms with van der Waals surface area (Å²) < 4.78 is 5.60. The van der Waals surface area contributed by atoms with Crippen LogP contribution in [0.25, 0.3) is 0 Å². The van der Waals surface area contributed by atoms with Gasteiger partial charge in [-0.15, -0.1) is 0 Å². The maximum atomic E-state index is 11.7. The molecule has 12 heteroatoms. The van der Waals surface area contributed by atoms with Crippen LogP contribution in [0.3, 0.4) is 0 Å². The van der Waals surface area contributed by atoms with Crippen molar-refractivity contribution < 1.29 is 29.1 Å². The summed E-state index contributed by atoms with van der Waals surface area (Å²) in [6.45, 7) is 9.91. The quantitative estimate of drug-likeness (QED) is 0.130. The standard InChI is InChI=1S/C23H24N4O8/c1-6-18(24-34-14(3)4)16-8-10-22(20(12-16)26(29)30)33-23-11-9-17(13-21(23)27(31)32)19(7-2)25-35-15(5)28/h8-13H,3,6-7H2,1-2,4-5H3/b24-18+,25-19+. The largest absolute Gasteiger partial charge is 0.443 e. The van der Waals surface area contributed by atoms with Crippen LogP contribution < -0.4 is 4.74 Å². The van der Waals surface area contributed by atoms with Gasteiger partial charge in [0, 0.05) is 30.2 Å². The zero-order chi connectivity index (χ0) is 26.1. The minimum Gasteiger partial charge on any atom is -0.443 e. The maximum absolute atomic E-state index is 11.7. The number of carbonyl (C=O) groups excluding carboxylic acids is 1. The number of nitro benzene ring substituents is 2. The molecule has 2 aromatic carbocycles. The van der Waals surface area contributed by atoms with Gasteiger partial charge in [-0.3, -0.25) is 20.2 Å². The molecule has 35 heavy (non-hydrogen) atoms. The van der Waals surface area contributed by atoms with E-state index in [9.17, 15) is 25.0 Å². The minimum atomic E-state index is -0.686. The monoisotopic (exact) mass is 484 g/mol. The fourth-order valence-electron chi connectivity index (χ4n) is 2.87. The van der Waals surface area contributed by atoms with Gasteiger partial charge in [0.25, 0.3) is 0 Å². The number of hydrogen-bond acceptors (Lipinski definition) is 10. The van der Waals surface area contributed by atoms with Gasteiger partial charge >= 0.3 is 17.3 Å². The van der Waals surface area contributed by atoms with Gasteiger partial charge in [-0.25, -0.2) is 4.79 Å². The van der Waals surface area contributed by atoms with Crippen molar-refractivity contribution in [2.75, 3.05) is 0 Å². The van der Waals surface area contributed by atoms with Gasteiger partial charge in [-0.1, -0.05) is 30.7 Å². The smallest absolute Gasteiger partial charge is 0.331 e. The first-order valence-electron chi connectivity index (χ1n) is 10.5. The highest BCUT2D eigenvalue weighted by Crippen LogP contribution is 2.37. The first kappa shape index (κ1) is 26.6. The van der Waals surface area contributed by atoms with Crippen LogP contribution in [0.2, 0.25) is 0 Å². The van der Waals surface area contributed by atoms with Gasteiger partial charge in [0.2, 0.25) is 11.5 Å². The van der Waals surface area contributed by atoms with Crippen LogP contribution in [0.1, 0.15) is 51.7 Å². The topological polar surface area (TPSA) is 156 Å². The second-order valence-electron chi connectivity index (χ2n) is 7.14. The van der Waals surface area contributed by atoms with E-state index in [2.05, 4.69) is 21.7 Å². The fraction of sp³-hybridized carbons (Fsp3) is 0.261. The van der Waals surface area contributed by atoms with E-state index in [0.717, 1.165) is 0 Å². The fourth-order valence-corrected chi connectivity index (χ4v) is 2.87. The molecule has 0 aliphatic heterocycles. The van der Waals surface area contributed by atoms with Crippen LogP contribution in [0.4, 0.5) is 11.4 Å². The van der Waals surface area contributed by atoms with E-state index < -0.39 is 27.2 Å². The second-order valence-corrected chi connectivity index (χ2v) is 7.14. The number of ether oxygens (including phenoxy) is 1. The van der Waals surface area contributed by atoms with Crippen molar-refractivity contribution in [2.45, 2.75) is 40.5 Å². The average Bonchev–Trinajstić information content (AvgIpc) is 2.80. The van der Waals surface area contributed by atoms with E-state index in [-0.39, 0.29) is 11.5 Å². The summed E-state index contributed by atoms with van der Waals surface area (Å²) in [5.74, 6) is -0.698. The van der Waals surface area contributed by atoms with Crippen LogP contribution in [-0.4, -0.2) is 27.2 Å². The van der Waals surface area contributed by atoms with E-state index in [0.29, 0.717) is 41.2 Å². The number of carbonyl (C=O) groups is 1. The molecule has 0 aliphatic rings. The number of oxime groups is 2. The van der Waals surface area contributed by atoms with E-state index in [1.54, 1.807) is 20.8 Å². The van der Waals surface area contributed by atoms with Gasteiger partial charge in [0.05, 0.1) is 21.3 Å². The highest BCUT2D eigenvalue weighted by Gasteiger charge is 2.24. The predicted molar refractivity (Wildman–Crippen MR) is 128 cm³/mol. The molecule has 0 aromatic heterocycles. The second kappa shape index (κ2) is 12.0. The van der Waals surface area contributed by atoms with Crippen molar-refractivity contribution in [1.29, 1.82) is 0 Å². The summed E-state index contributed by atoms with van der Waals surface area (Å²) in [7, 11) is 0. The summed E-state index contributed by atoms with van der Waals surface area (Å²) >= 11 is 0. The Kier molecular flexibility index (Phi) is 9.15. The molecule has 0 spiro atoms. The molecular weight excluding hydrogens is 460 g/mol. The van der Waals surface area contributed by atoms with Crippen LogP contribution in [0.15, 0.2) is 59.0 Å². The molecule has 0 unspecified atom stereocenters. The lowest BCUT2D eigenvalue weighted by atomic mass is 10.1. The SMILES string of the molecule is C=C(C)O/N=C(\CC)c1ccc(Oc2ccc(/C(CC)=N/OC(C)=O)cc2[N+](=O)[O-])c([N+](=O)[O-])c1. The molecule has 2 aromatic rings. The molecule has 0 fully saturated rings. The zero-order valence-corrected chi connectivity index (χ0v) is 19.6. The van der Waals surface area contributed by atoms with Crippen LogP contribution in [-0.2, 0) is 14.5 Å². The lowest BCUT2D eigenvalue weighted by Crippen LogP contribution is -2.05. The Labute approximate surface area is 200 Å². The third-order valence-electron chi connectivity index (χ3n) is 4.46. The highest BCUT2D eigenvalue weighted by molar-refractivity contribution is 6.01. The van der Waals surface area contributed by atoms with Gasteiger partial charge in [0.1, 0.15) is 5.76 Å². The maximum Gasteiger partial charge on any atom is 0.331 e. The summed E-state index contributed by atoms with van der Waals surface area (Å²) in [6, 6.07) is 8.08. The van der Waals surface area contributed by atoms with Crippen LogP contribution in [0, 0.1) is 20.2 Å². The zero-order valence-electron chi connectivity index (χ0n) is 19.6. The Balaban J connectivity index is 2.49. The molecule has 2 rings (SSSR count). The Morgan fingerprint density at radius 3 is 1.63 bits per heavy atom. The van der Waals surface area contributed by atoms with E-state index in [1.807, 2.05) is 0 Å². The number of nitro groups is 2. The molecule has 12 nitrogen and oxygen atoms in total. The lowest BCUT2D eigenvalue weighted by molar-refractivity contribution is -0.387. The van der Waals surface area contributed by atoms with Gasteiger partial charge < -0.3 is 14.4 Å². The molecule has 0 saturated heterocycles. The van der Waals surface area contributed by atoms with Gasteiger partial charge in [0.15, 0.2) is 0 Å². The molecule has 0 amide bonds. The van der Waals surface area contributed by atoms with Crippen molar-refractivity contribution >= 4 is 28.8 Å². The number of hydrogen-bond donors (Lipinski definition) is 0. The van der Waals surface area contributed by atoms with Crippen molar-refractivity contribution in [2.24, 2.45) is 10.3 Å². The summed E-state index contributed by atoms with van der Waals surface area (Å²) in [5, 5.41) is 31.1. The summed E-state index contributed by atoms with van der Waals surface area (Å²) in [6.07, 6.45) is 0.750. The van der Waals surface area contributed by atoms with Crippen molar-refractivity contribution in [3.63, 3.8) is 0 Å². The van der Waals surface area contributed by atoms with E-state index >= 15 is 0 Å². The van der Waals surface area contributed by atoms with Crippen molar-refractivity contribution in [1.82, 2.24) is 0 Å². The number of nitrogens with zero attached hydrogens (tertiary/aromatic N) is 4. The number of rotatable bonds is 11. The molecule has 184 valence electrons. The molecule has 0 heterocycles. The predicted octanol–water partition coefficient (Wildman–Crippen LogP) is 5.64. The molecule has 0 radical (unpaired) electrons. The first-order chi connectivity index (χ1) is 16.6. The Morgan fingerprint density at radius 2 is 1.29 bits per heavy atom. The number of benzene rings is 2. The summed E-state index contributed by atoms with van der Waals surface area (Å²) in [5.41, 5.74) is 0.634. The third-order valence-corrected chi connectivity index (χ3v) is 4.46. The van der Waals surface area contributed by atoms with E-state index in [1.165, 1.54) is 43.3 Å². The molecule has 0 saturated carbocycles. The number of allylic oxidation sites excluding steroid dienone is 1. The normalized spacial score (nSPS) is 11.5. The molecule has 0 atom stereocenters. The Hall–Kier alpha value is -4.61. The van der Waals surface area contributed by atoms with Crippen LogP contribution >= 0.6 is 0 Å². The van der Waals surface area contributed by atoms with Crippen LogP contribution in [0.5, 0.6) is 11.5 Å². The summed E-state index contributed by atoms with van der Waals surface area (Å²) in [4.78, 5) is 42.8. The Bertz CT molecular complexity index is 1130. The highest BCUT2D eigenvalue weighted by atomic mass is 16.7. The first-order valence-corrected chi connectivity index (χ1v) is 10.5. The molecule has 0 N–H and O–H groups in total. The molecular formula is C23H24N4O8. The average molecular weight is 484 g/mol. The van der Waals surface area contributed by atoms with E-state index in [4.69, 9.17) is 9.57 Å². The lowest BCUT2D eigenvalue weighted by Gasteiger charge is -2.10. The van der Waals surface area contributed by atoms with Gasteiger partial charge in [-0.2, -0.15) is 0 Å². The minimum absolute atomic E-state index is 0.199. The molecule has 0 aliphatic carbocycles. The van der Waals surface area contributed by atoms with Crippen molar-refractivity contribution in [3.8, 4) is 11.5 Å². The van der Waals surface area contributed by atoms with Gasteiger partial charge in [-0.05, 0) is 44.0 Å². The Morgan fingerprint density at radius 1 is 0.857 bits per heavy atom. The third kappa shape index (κ3) is 7.19.